The van der Waals surface area contributed by atoms with E-state index in [9.17, 15) is 14.7 Å². The molecule has 1 aromatic carbocycles. The Morgan fingerprint density at radius 1 is 1.15 bits per heavy atom. The van der Waals surface area contributed by atoms with E-state index < -0.39 is 17.7 Å². The first-order chi connectivity index (χ1) is 18.6. The maximum Gasteiger partial charge on any atom is 0.407 e. The molecule has 2 amide bonds. The monoisotopic (exact) mass is 534 g/mol. The van der Waals surface area contributed by atoms with Crippen molar-refractivity contribution < 1.29 is 19.4 Å². The number of carbonyl (C=O) groups excluding carboxylic acids is 2. The lowest BCUT2D eigenvalue weighted by atomic mass is 9.90. The molecule has 0 unspecified atom stereocenters. The third kappa shape index (κ3) is 11.8. The van der Waals surface area contributed by atoms with Crippen molar-refractivity contribution in [1.82, 2.24) is 10.2 Å². The third-order valence-corrected chi connectivity index (χ3v) is 6.08. The fraction of sp³-hybridized carbons (Fsp3) is 0.455. The number of aliphatic hydroxyl groups excluding tert-OH is 1. The number of aliphatic hydroxyl groups is 1. The van der Waals surface area contributed by atoms with Gasteiger partial charge in [-0.1, -0.05) is 72.7 Å². The summed E-state index contributed by atoms with van der Waals surface area (Å²) < 4.78 is 5.22. The molecule has 3 rings (SSSR count). The number of benzene rings is 1. The van der Waals surface area contributed by atoms with Gasteiger partial charge in [0.25, 0.3) is 0 Å². The molecule has 0 aromatic heterocycles. The van der Waals surface area contributed by atoms with Gasteiger partial charge in [-0.25, -0.2) is 4.79 Å². The summed E-state index contributed by atoms with van der Waals surface area (Å²) in [6.07, 6.45) is 20.9. The number of rotatable bonds is 5. The Labute approximate surface area is 235 Å². The number of hydrogen-bond acceptors (Lipinski definition) is 4. The van der Waals surface area contributed by atoms with Crippen molar-refractivity contribution in [1.29, 1.82) is 0 Å². The number of terminal acetylenes is 1. The van der Waals surface area contributed by atoms with Crippen LogP contribution in [0, 0.1) is 12.8 Å². The summed E-state index contributed by atoms with van der Waals surface area (Å²) in [6, 6.07) is 7.73. The Kier molecular flexibility index (Phi) is 14.7. The number of ether oxygens (including phenoxy) is 1. The molecular formula is C33H46N2O4. The van der Waals surface area contributed by atoms with Gasteiger partial charge in [0.1, 0.15) is 5.60 Å². The van der Waals surface area contributed by atoms with Crippen LogP contribution in [0.4, 0.5) is 4.79 Å². The minimum Gasteiger partial charge on any atom is -0.444 e. The summed E-state index contributed by atoms with van der Waals surface area (Å²) in [5, 5.41) is 12.2. The molecule has 0 spiro atoms. The van der Waals surface area contributed by atoms with Crippen molar-refractivity contribution >= 4 is 23.6 Å². The lowest BCUT2D eigenvalue weighted by molar-refractivity contribution is -0.132. The zero-order valence-electron chi connectivity index (χ0n) is 24.5. The van der Waals surface area contributed by atoms with E-state index in [1.54, 1.807) is 20.8 Å². The molecule has 39 heavy (non-hydrogen) atoms. The molecule has 2 N–H and O–H groups in total. The number of fused-ring (bicyclic) bond motifs is 1. The highest BCUT2D eigenvalue weighted by Gasteiger charge is 2.26. The van der Waals surface area contributed by atoms with Crippen molar-refractivity contribution in [2.45, 2.75) is 78.9 Å². The van der Waals surface area contributed by atoms with Crippen molar-refractivity contribution in [2.24, 2.45) is 0 Å². The van der Waals surface area contributed by atoms with Crippen LogP contribution < -0.4 is 5.32 Å². The third-order valence-electron chi connectivity index (χ3n) is 6.08. The number of piperidine rings is 1. The van der Waals surface area contributed by atoms with Crippen LogP contribution >= 0.6 is 0 Å². The summed E-state index contributed by atoms with van der Waals surface area (Å²) in [7, 11) is 0. The molecule has 0 radical (unpaired) electrons. The first-order valence-corrected chi connectivity index (χ1v) is 13.6. The highest BCUT2D eigenvalue weighted by molar-refractivity contribution is 5.85. The van der Waals surface area contributed by atoms with Crippen LogP contribution in [0.5, 0.6) is 0 Å². The predicted octanol–water partition coefficient (Wildman–Crippen LogP) is 6.53. The second kappa shape index (κ2) is 17.1. The van der Waals surface area contributed by atoms with Gasteiger partial charge in [0.2, 0.25) is 5.91 Å². The van der Waals surface area contributed by atoms with Crippen LogP contribution in [0.15, 0.2) is 59.7 Å². The lowest BCUT2D eigenvalue weighted by Gasteiger charge is -2.31. The number of likely N-dealkylation sites (tertiary alicyclic amines) is 1. The molecule has 2 aliphatic rings. The molecule has 0 bridgehead atoms. The topological polar surface area (TPSA) is 78.9 Å². The van der Waals surface area contributed by atoms with Crippen molar-refractivity contribution in [3.05, 3.63) is 70.8 Å². The van der Waals surface area contributed by atoms with Crippen molar-refractivity contribution in [2.75, 3.05) is 19.7 Å². The first kappa shape index (κ1) is 33.5. The van der Waals surface area contributed by atoms with Crippen LogP contribution in [0.1, 0.15) is 78.4 Å². The fourth-order valence-corrected chi connectivity index (χ4v) is 4.26. The molecule has 212 valence electrons. The van der Waals surface area contributed by atoms with Gasteiger partial charge >= 0.3 is 6.09 Å². The van der Waals surface area contributed by atoms with E-state index in [2.05, 4.69) is 86.7 Å². The Balaban J connectivity index is 0.000000975. The molecule has 1 atom stereocenters. The molecule has 1 fully saturated rings. The Morgan fingerprint density at radius 3 is 2.33 bits per heavy atom. The van der Waals surface area contributed by atoms with Crippen LogP contribution in [-0.4, -0.2) is 53.3 Å². The highest BCUT2D eigenvalue weighted by atomic mass is 16.6. The largest absolute Gasteiger partial charge is 0.444 e. The van der Waals surface area contributed by atoms with E-state index in [4.69, 9.17) is 4.74 Å². The zero-order chi connectivity index (χ0) is 29.4. The minimum absolute atomic E-state index is 0.0490. The predicted molar refractivity (Wildman–Crippen MR) is 162 cm³/mol. The molecule has 6 nitrogen and oxygen atoms in total. The molecule has 1 saturated heterocycles. The molecule has 1 aliphatic carbocycles. The summed E-state index contributed by atoms with van der Waals surface area (Å²) >= 11 is 0. The molecule has 0 saturated carbocycles. The summed E-state index contributed by atoms with van der Waals surface area (Å²) in [4.78, 5) is 26.6. The average Bonchev–Trinajstić information content (AvgIpc) is 3.08. The van der Waals surface area contributed by atoms with Crippen LogP contribution in [-0.2, 0) is 9.53 Å². The lowest BCUT2D eigenvalue weighted by Crippen LogP contribution is -2.45. The molecule has 1 aromatic rings. The van der Waals surface area contributed by atoms with Gasteiger partial charge in [-0.05, 0) is 70.6 Å². The zero-order valence-corrected chi connectivity index (χ0v) is 24.5. The minimum atomic E-state index is -0.664. The van der Waals surface area contributed by atoms with Crippen molar-refractivity contribution in [3.8, 4) is 12.8 Å². The number of nitrogens with one attached hydrogen (secondary N) is 1. The summed E-state index contributed by atoms with van der Waals surface area (Å²) in [6.45, 7) is 12.5. The highest BCUT2D eigenvalue weighted by Crippen LogP contribution is 2.33. The first-order valence-electron chi connectivity index (χ1n) is 13.6. The van der Waals surface area contributed by atoms with Crippen molar-refractivity contribution in [3.63, 3.8) is 0 Å². The van der Waals surface area contributed by atoms with E-state index in [1.807, 2.05) is 11.8 Å². The van der Waals surface area contributed by atoms with Crippen LogP contribution in [0.3, 0.4) is 0 Å². The second-order valence-corrected chi connectivity index (χ2v) is 10.4. The Bertz CT molecular complexity index is 1080. The SMILES string of the molecule is C#C.C/C=C\CC.CC1=CC(=C2CCN(C(=O)C[C@H](CO)NC(=O)OC(C)(C)C)CC2)c2ccccc2C=C1. The summed E-state index contributed by atoms with van der Waals surface area (Å²) in [5.41, 5.74) is 5.63. The van der Waals surface area contributed by atoms with Crippen LogP contribution in [0.25, 0.3) is 11.6 Å². The van der Waals surface area contributed by atoms with Gasteiger partial charge in [0, 0.05) is 19.5 Å². The summed E-state index contributed by atoms with van der Waals surface area (Å²) in [5.74, 6) is -0.0705. The second-order valence-electron chi connectivity index (χ2n) is 10.4. The van der Waals surface area contributed by atoms with E-state index in [0.717, 1.165) is 19.3 Å². The van der Waals surface area contributed by atoms with Gasteiger partial charge in [-0.15, -0.1) is 12.8 Å². The molecule has 1 heterocycles. The Morgan fingerprint density at radius 2 is 1.79 bits per heavy atom. The normalized spacial score (nSPS) is 15.5. The van der Waals surface area contributed by atoms with Gasteiger partial charge in [0.05, 0.1) is 12.6 Å². The van der Waals surface area contributed by atoms with Gasteiger partial charge < -0.3 is 20.1 Å². The van der Waals surface area contributed by atoms with Crippen LogP contribution in [0.2, 0.25) is 0 Å². The quantitative estimate of drug-likeness (QED) is 0.332. The van der Waals surface area contributed by atoms with Gasteiger partial charge in [-0.2, -0.15) is 0 Å². The number of amides is 2. The van der Waals surface area contributed by atoms with E-state index in [1.165, 1.54) is 27.8 Å². The van der Waals surface area contributed by atoms with Gasteiger partial charge in [-0.3, -0.25) is 4.79 Å². The maximum atomic E-state index is 12.8. The average molecular weight is 535 g/mol. The fourth-order valence-electron chi connectivity index (χ4n) is 4.26. The molecular weight excluding hydrogens is 488 g/mol. The number of hydrogen-bond donors (Lipinski definition) is 2. The number of carbonyl (C=O) groups is 2. The number of alkyl carbamates (subject to hydrolysis) is 1. The smallest absolute Gasteiger partial charge is 0.407 e. The van der Waals surface area contributed by atoms with E-state index in [0.29, 0.717) is 13.1 Å². The molecule has 1 aliphatic heterocycles. The number of allylic oxidation sites excluding steroid dienone is 6. The standard InChI is InChI=1S/C26H34N2O4.C5H10.C2H2/c1-18-9-10-19-7-5-6-8-22(19)23(15-18)20-11-13-28(14-12-20)24(30)16-21(17-29)27-25(31)32-26(2,3)4;1-3-5-4-2;1-2/h5-10,15,21,29H,11-14,16-17H2,1-4H3,(H,27,31);3,5H,4H2,1-2H3;1-2H/b;5-3-;/t21-;;/m1../s1. The number of nitrogens with zero attached hydrogens (tertiary/aromatic N) is 1. The van der Waals surface area contributed by atoms with E-state index in [-0.39, 0.29) is 18.9 Å². The Hall–Kier alpha value is -3.56. The van der Waals surface area contributed by atoms with E-state index >= 15 is 0 Å². The maximum absolute atomic E-state index is 12.8. The molecule has 6 heteroatoms. The van der Waals surface area contributed by atoms with Gasteiger partial charge in [0.15, 0.2) is 0 Å².